The first-order valence-electron chi connectivity index (χ1n) is 8.45. The molecule has 0 aliphatic carbocycles. The molecule has 0 atom stereocenters. The van der Waals surface area contributed by atoms with Crippen LogP contribution in [0.2, 0.25) is 0 Å². The van der Waals surface area contributed by atoms with Gasteiger partial charge in [0.15, 0.2) is 5.78 Å². The molecule has 3 aromatic rings. The van der Waals surface area contributed by atoms with Crippen LogP contribution in [0.4, 0.5) is 18.9 Å². The Balaban J connectivity index is 1.91. The molecule has 0 spiro atoms. The number of halogens is 3. The first kappa shape index (κ1) is 19.4. The Morgan fingerprint density at radius 3 is 2.18 bits per heavy atom. The quantitative estimate of drug-likeness (QED) is 0.577. The van der Waals surface area contributed by atoms with Gasteiger partial charge in [0.1, 0.15) is 0 Å². The van der Waals surface area contributed by atoms with Gasteiger partial charge in [0.05, 0.1) is 5.56 Å². The minimum absolute atomic E-state index is 0.124. The van der Waals surface area contributed by atoms with Gasteiger partial charge in [0.2, 0.25) is 0 Å². The van der Waals surface area contributed by atoms with Crippen LogP contribution in [-0.4, -0.2) is 11.7 Å². The van der Waals surface area contributed by atoms with Gasteiger partial charge in [-0.1, -0.05) is 42.5 Å². The van der Waals surface area contributed by atoms with Crippen molar-refractivity contribution in [3.05, 3.63) is 89.5 Å². The fraction of sp³-hybridized carbons (Fsp3) is 0.0909. The molecule has 0 fully saturated rings. The lowest BCUT2D eigenvalue weighted by atomic mass is 9.98. The van der Waals surface area contributed by atoms with Gasteiger partial charge in [-0.25, -0.2) is 0 Å². The van der Waals surface area contributed by atoms with E-state index in [0.29, 0.717) is 27.9 Å². The van der Waals surface area contributed by atoms with Crippen molar-refractivity contribution >= 4 is 17.4 Å². The van der Waals surface area contributed by atoms with E-state index < -0.39 is 17.6 Å². The molecule has 0 heterocycles. The predicted octanol–water partition coefficient (Wildman–Crippen LogP) is 5.83. The Kier molecular flexibility index (Phi) is 5.31. The molecular weight excluding hydrogens is 367 g/mol. The highest BCUT2D eigenvalue weighted by molar-refractivity contribution is 6.09. The molecule has 0 unspecified atom stereocenters. The zero-order valence-electron chi connectivity index (χ0n) is 14.9. The summed E-state index contributed by atoms with van der Waals surface area (Å²) in [6.07, 6.45) is -4.42. The molecule has 6 heteroatoms. The number of carbonyl (C=O) groups excluding carboxylic acids is 2. The fourth-order valence-corrected chi connectivity index (χ4v) is 2.79. The monoisotopic (exact) mass is 383 g/mol. The number of nitrogens with one attached hydrogen (secondary N) is 1. The van der Waals surface area contributed by atoms with E-state index in [9.17, 15) is 22.8 Å². The minimum atomic E-state index is -4.42. The summed E-state index contributed by atoms with van der Waals surface area (Å²) >= 11 is 0. The molecule has 0 radical (unpaired) electrons. The van der Waals surface area contributed by atoms with Crippen molar-refractivity contribution in [3.8, 4) is 11.1 Å². The largest absolute Gasteiger partial charge is 0.416 e. The molecule has 3 nitrogen and oxygen atoms in total. The zero-order chi connectivity index (χ0) is 20.3. The van der Waals surface area contributed by atoms with Crippen LogP contribution in [0.15, 0.2) is 72.8 Å². The molecule has 0 aliphatic rings. The smallest absolute Gasteiger partial charge is 0.322 e. The molecule has 1 N–H and O–H groups in total. The summed E-state index contributed by atoms with van der Waals surface area (Å²) < 4.78 is 38.3. The van der Waals surface area contributed by atoms with Crippen molar-refractivity contribution in [2.75, 3.05) is 5.32 Å². The third-order valence-corrected chi connectivity index (χ3v) is 4.22. The summed E-state index contributed by atoms with van der Waals surface area (Å²) in [7, 11) is 0. The van der Waals surface area contributed by atoms with Crippen LogP contribution in [0, 0.1) is 0 Å². The molecular formula is C22H16F3NO2. The maximum atomic E-state index is 12.8. The number of Topliss-reactive ketones (excluding diaryl/α,β-unsaturated/α-hetero) is 1. The Bertz CT molecular complexity index is 1020. The van der Waals surface area contributed by atoms with Crippen LogP contribution >= 0.6 is 0 Å². The topological polar surface area (TPSA) is 46.2 Å². The van der Waals surface area contributed by atoms with E-state index in [2.05, 4.69) is 5.32 Å². The lowest BCUT2D eigenvalue weighted by Gasteiger charge is -2.12. The van der Waals surface area contributed by atoms with Gasteiger partial charge in [-0.15, -0.1) is 0 Å². The lowest BCUT2D eigenvalue weighted by Crippen LogP contribution is -2.13. The number of anilines is 1. The molecule has 0 aromatic heterocycles. The molecule has 142 valence electrons. The molecule has 1 amide bonds. The number of benzene rings is 3. The van der Waals surface area contributed by atoms with Gasteiger partial charge in [0.25, 0.3) is 5.91 Å². The standard InChI is InChI=1S/C22H16F3NO2/c1-14(27)16-5-4-6-18(13-16)26-21(28)20-8-3-2-7-19(20)15-9-11-17(12-10-15)22(23,24)25/h2-13H,1H3,(H,26,28). The summed E-state index contributed by atoms with van der Waals surface area (Å²) in [5, 5.41) is 2.73. The fourth-order valence-electron chi connectivity index (χ4n) is 2.79. The summed E-state index contributed by atoms with van der Waals surface area (Å²) in [5.41, 5.74) is 1.50. The molecule has 0 saturated heterocycles. The van der Waals surface area contributed by atoms with E-state index >= 15 is 0 Å². The average Bonchev–Trinajstić information content (AvgIpc) is 2.67. The second-order valence-electron chi connectivity index (χ2n) is 6.21. The van der Waals surface area contributed by atoms with Crippen molar-refractivity contribution in [1.82, 2.24) is 0 Å². The number of carbonyl (C=O) groups is 2. The van der Waals surface area contributed by atoms with Crippen LogP contribution in [0.5, 0.6) is 0 Å². The van der Waals surface area contributed by atoms with Crippen LogP contribution in [0.3, 0.4) is 0 Å². The molecule has 3 rings (SSSR count). The Morgan fingerprint density at radius 2 is 1.54 bits per heavy atom. The van der Waals surface area contributed by atoms with E-state index in [-0.39, 0.29) is 5.78 Å². The Morgan fingerprint density at radius 1 is 0.857 bits per heavy atom. The van der Waals surface area contributed by atoms with E-state index in [1.807, 2.05) is 0 Å². The zero-order valence-corrected chi connectivity index (χ0v) is 14.9. The maximum Gasteiger partial charge on any atom is 0.416 e. The van der Waals surface area contributed by atoms with Crippen LogP contribution in [0.1, 0.15) is 33.2 Å². The summed E-state index contributed by atoms with van der Waals surface area (Å²) in [5.74, 6) is -0.544. The minimum Gasteiger partial charge on any atom is -0.322 e. The van der Waals surface area contributed by atoms with E-state index in [1.165, 1.54) is 19.1 Å². The average molecular weight is 383 g/mol. The van der Waals surface area contributed by atoms with Crippen LogP contribution in [0.25, 0.3) is 11.1 Å². The van der Waals surface area contributed by atoms with Crippen molar-refractivity contribution < 1.29 is 22.8 Å². The van der Waals surface area contributed by atoms with Crippen LogP contribution in [-0.2, 0) is 6.18 Å². The van der Waals surface area contributed by atoms with Crippen LogP contribution < -0.4 is 5.32 Å². The molecule has 0 saturated carbocycles. The SMILES string of the molecule is CC(=O)c1cccc(NC(=O)c2ccccc2-c2ccc(C(F)(F)F)cc2)c1. The molecule has 28 heavy (non-hydrogen) atoms. The lowest BCUT2D eigenvalue weighted by molar-refractivity contribution is -0.137. The molecule has 0 aliphatic heterocycles. The third-order valence-electron chi connectivity index (χ3n) is 4.22. The van der Waals surface area contributed by atoms with E-state index in [4.69, 9.17) is 0 Å². The molecule has 3 aromatic carbocycles. The van der Waals surface area contributed by atoms with Crippen molar-refractivity contribution in [1.29, 1.82) is 0 Å². The van der Waals surface area contributed by atoms with Crippen molar-refractivity contribution in [3.63, 3.8) is 0 Å². The van der Waals surface area contributed by atoms with Gasteiger partial charge < -0.3 is 5.32 Å². The second kappa shape index (κ2) is 7.68. The summed E-state index contributed by atoms with van der Waals surface area (Å²) in [4.78, 5) is 24.2. The number of amides is 1. The highest BCUT2D eigenvalue weighted by Crippen LogP contribution is 2.32. The van der Waals surface area contributed by atoms with E-state index in [0.717, 1.165) is 12.1 Å². The number of hydrogen-bond donors (Lipinski definition) is 1. The highest BCUT2D eigenvalue weighted by Gasteiger charge is 2.30. The van der Waals surface area contributed by atoms with E-state index in [1.54, 1.807) is 48.5 Å². The van der Waals surface area contributed by atoms with Gasteiger partial charge in [-0.3, -0.25) is 9.59 Å². The normalized spacial score (nSPS) is 11.1. The van der Waals surface area contributed by atoms with Gasteiger partial charge in [-0.05, 0) is 48.4 Å². The van der Waals surface area contributed by atoms with Gasteiger partial charge in [-0.2, -0.15) is 13.2 Å². The predicted molar refractivity (Wildman–Crippen MR) is 101 cm³/mol. The third kappa shape index (κ3) is 4.28. The van der Waals surface area contributed by atoms with Gasteiger partial charge in [0, 0.05) is 16.8 Å². The maximum absolute atomic E-state index is 12.8. The van der Waals surface area contributed by atoms with Crippen molar-refractivity contribution in [2.24, 2.45) is 0 Å². The Labute approximate surface area is 159 Å². The van der Waals surface area contributed by atoms with Gasteiger partial charge >= 0.3 is 6.18 Å². The summed E-state index contributed by atoms with van der Waals surface area (Å²) in [6, 6.07) is 17.8. The summed E-state index contributed by atoms with van der Waals surface area (Å²) in [6.45, 7) is 1.43. The second-order valence-corrected chi connectivity index (χ2v) is 6.21. The number of rotatable bonds is 4. The number of alkyl halides is 3. The first-order chi connectivity index (χ1) is 13.3. The Hall–Kier alpha value is -3.41. The van der Waals surface area contributed by atoms with Crippen molar-refractivity contribution in [2.45, 2.75) is 13.1 Å². The number of hydrogen-bond acceptors (Lipinski definition) is 2. The molecule has 0 bridgehead atoms. The first-order valence-corrected chi connectivity index (χ1v) is 8.45. The number of ketones is 1. The highest BCUT2D eigenvalue weighted by atomic mass is 19.4.